The number of anilines is 1. The monoisotopic (exact) mass is 272 g/mol. The van der Waals surface area contributed by atoms with Crippen molar-refractivity contribution in [2.75, 3.05) is 25.0 Å². The third kappa shape index (κ3) is 2.91. The molecule has 20 heavy (non-hydrogen) atoms. The van der Waals surface area contributed by atoms with Gasteiger partial charge in [0.2, 0.25) is 0 Å². The number of terminal acetylenes is 1. The smallest absolute Gasteiger partial charge is 0.323 e. The minimum Gasteiger partial charge on any atom is -0.480 e. The number of carbonyl (C=O) groups excluding carboxylic acids is 1. The Morgan fingerprint density at radius 2 is 2.25 bits per heavy atom. The van der Waals surface area contributed by atoms with Crippen LogP contribution in [0.1, 0.15) is 22.3 Å². The Kier molecular flexibility index (Phi) is 4.26. The fourth-order valence-corrected chi connectivity index (χ4v) is 2.35. The maximum atomic E-state index is 12.5. The predicted octanol–water partition coefficient (Wildman–Crippen LogP) is 1.20. The molecule has 2 N–H and O–H groups in total. The molecule has 5 nitrogen and oxygen atoms in total. The molecular weight excluding hydrogens is 256 g/mol. The normalized spacial score (nSPS) is 12.8. The van der Waals surface area contributed by atoms with Crippen LogP contribution in [0.25, 0.3) is 0 Å². The SMILES string of the molecule is C#CCN(CC(=O)O)C(=O)c1cccc2c1CCCN2. The van der Waals surface area contributed by atoms with Crippen LogP contribution in [-0.4, -0.2) is 41.5 Å². The van der Waals surface area contributed by atoms with Crippen LogP contribution in [0.2, 0.25) is 0 Å². The molecule has 2 rings (SSSR count). The molecule has 1 heterocycles. The summed E-state index contributed by atoms with van der Waals surface area (Å²) in [5, 5.41) is 12.1. The first-order chi connectivity index (χ1) is 9.63. The summed E-state index contributed by atoms with van der Waals surface area (Å²) in [4.78, 5) is 24.5. The minimum absolute atomic E-state index is 0.0117. The van der Waals surface area contributed by atoms with E-state index in [-0.39, 0.29) is 19.0 Å². The number of hydrogen-bond acceptors (Lipinski definition) is 3. The molecular formula is C15H16N2O3. The Morgan fingerprint density at radius 3 is 2.95 bits per heavy atom. The van der Waals surface area contributed by atoms with E-state index in [0.29, 0.717) is 5.56 Å². The maximum absolute atomic E-state index is 12.5. The molecule has 1 aliphatic heterocycles. The number of carboxylic acids is 1. The number of aliphatic carboxylic acids is 1. The van der Waals surface area contributed by atoms with E-state index in [1.165, 1.54) is 4.90 Å². The summed E-state index contributed by atoms with van der Waals surface area (Å²) < 4.78 is 0. The number of nitrogens with zero attached hydrogens (tertiary/aromatic N) is 1. The van der Waals surface area contributed by atoms with E-state index in [0.717, 1.165) is 30.6 Å². The van der Waals surface area contributed by atoms with Crippen molar-refractivity contribution in [2.24, 2.45) is 0 Å². The van der Waals surface area contributed by atoms with Gasteiger partial charge in [-0.25, -0.2) is 0 Å². The van der Waals surface area contributed by atoms with Gasteiger partial charge in [-0.05, 0) is 30.5 Å². The number of fused-ring (bicyclic) bond motifs is 1. The molecule has 0 bridgehead atoms. The van der Waals surface area contributed by atoms with Crippen LogP contribution < -0.4 is 5.32 Å². The van der Waals surface area contributed by atoms with Gasteiger partial charge in [0.05, 0.1) is 6.54 Å². The second kappa shape index (κ2) is 6.11. The van der Waals surface area contributed by atoms with Crippen molar-refractivity contribution in [3.05, 3.63) is 29.3 Å². The van der Waals surface area contributed by atoms with Crippen LogP contribution in [0.5, 0.6) is 0 Å². The zero-order chi connectivity index (χ0) is 14.5. The van der Waals surface area contributed by atoms with Gasteiger partial charge in [0.1, 0.15) is 6.54 Å². The number of carboxylic acid groups (broad SMARTS) is 1. The lowest BCUT2D eigenvalue weighted by molar-refractivity contribution is -0.137. The van der Waals surface area contributed by atoms with E-state index in [1.807, 2.05) is 6.07 Å². The molecule has 0 unspecified atom stereocenters. The van der Waals surface area contributed by atoms with Crippen molar-refractivity contribution in [1.82, 2.24) is 4.90 Å². The van der Waals surface area contributed by atoms with Crippen molar-refractivity contribution < 1.29 is 14.7 Å². The first-order valence-corrected chi connectivity index (χ1v) is 6.43. The van der Waals surface area contributed by atoms with Gasteiger partial charge in [-0.3, -0.25) is 9.59 Å². The highest BCUT2D eigenvalue weighted by atomic mass is 16.4. The number of benzene rings is 1. The minimum atomic E-state index is -1.07. The number of carbonyl (C=O) groups is 2. The molecule has 0 aromatic heterocycles. The van der Waals surface area contributed by atoms with E-state index in [9.17, 15) is 9.59 Å². The Morgan fingerprint density at radius 1 is 1.45 bits per heavy atom. The van der Waals surface area contributed by atoms with Crippen LogP contribution in [0.3, 0.4) is 0 Å². The predicted molar refractivity (Wildman–Crippen MR) is 75.6 cm³/mol. The van der Waals surface area contributed by atoms with Crippen molar-refractivity contribution in [1.29, 1.82) is 0 Å². The highest BCUT2D eigenvalue weighted by Crippen LogP contribution is 2.26. The molecule has 0 atom stereocenters. The average molecular weight is 272 g/mol. The van der Waals surface area contributed by atoms with Crippen molar-refractivity contribution >= 4 is 17.6 Å². The molecule has 0 saturated carbocycles. The van der Waals surface area contributed by atoms with E-state index in [1.54, 1.807) is 12.1 Å². The van der Waals surface area contributed by atoms with E-state index in [4.69, 9.17) is 11.5 Å². The molecule has 0 saturated heterocycles. The molecule has 5 heteroatoms. The molecule has 104 valence electrons. The fraction of sp³-hybridized carbons (Fsp3) is 0.333. The summed E-state index contributed by atoms with van der Waals surface area (Å²) >= 11 is 0. The third-order valence-electron chi connectivity index (χ3n) is 3.22. The molecule has 1 amide bonds. The molecule has 0 radical (unpaired) electrons. The van der Waals surface area contributed by atoms with Gasteiger partial charge in [-0.15, -0.1) is 6.42 Å². The van der Waals surface area contributed by atoms with Gasteiger partial charge in [-0.1, -0.05) is 12.0 Å². The lowest BCUT2D eigenvalue weighted by Gasteiger charge is -2.24. The average Bonchev–Trinajstić information content (AvgIpc) is 2.45. The molecule has 1 aliphatic rings. The van der Waals surface area contributed by atoms with Crippen LogP contribution in [0, 0.1) is 12.3 Å². The first kappa shape index (κ1) is 13.9. The van der Waals surface area contributed by atoms with Crippen molar-refractivity contribution in [2.45, 2.75) is 12.8 Å². The first-order valence-electron chi connectivity index (χ1n) is 6.43. The fourth-order valence-electron chi connectivity index (χ4n) is 2.35. The molecule has 0 aliphatic carbocycles. The topological polar surface area (TPSA) is 69.6 Å². The Balaban J connectivity index is 2.32. The van der Waals surface area contributed by atoms with E-state index >= 15 is 0 Å². The van der Waals surface area contributed by atoms with E-state index in [2.05, 4.69) is 11.2 Å². The highest BCUT2D eigenvalue weighted by molar-refractivity contribution is 5.98. The number of rotatable bonds is 4. The van der Waals surface area contributed by atoms with Gasteiger partial charge in [-0.2, -0.15) is 0 Å². The van der Waals surface area contributed by atoms with Gasteiger partial charge in [0.15, 0.2) is 0 Å². The zero-order valence-corrected chi connectivity index (χ0v) is 11.1. The zero-order valence-electron chi connectivity index (χ0n) is 11.1. The van der Waals surface area contributed by atoms with Gasteiger partial charge in [0.25, 0.3) is 5.91 Å². The van der Waals surface area contributed by atoms with Gasteiger partial charge < -0.3 is 15.3 Å². The lowest BCUT2D eigenvalue weighted by Crippen LogP contribution is -2.36. The van der Waals surface area contributed by atoms with Crippen molar-refractivity contribution in [3.63, 3.8) is 0 Å². The summed E-state index contributed by atoms with van der Waals surface area (Å²) in [6.45, 7) is 0.482. The Labute approximate surface area is 117 Å². The largest absolute Gasteiger partial charge is 0.480 e. The second-order valence-electron chi connectivity index (χ2n) is 4.62. The highest BCUT2D eigenvalue weighted by Gasteiger charge is 2.22. The maximum Gasteiger partial charge on any atom is 0.323 e. The quantitative estimate of drug-likeness (QED) is 0.808. The third-order valence-corrected chi connectivity index (χ3v) is 3.22. The van der Waals surface area contributed by atoms with Gasteiger partial charge >= 0.3 is 5.97 Å². The molecule has 0 fully saturated rings. The van der Waals surface area contributed by atoms with Crippen LogP contribution in [0.15, 0.2) is 18.2 Å². The van der Waals surface area contributed by atoms with Crippen LogP contribution in [-0.2, 0) is 11.2 Å². The van der Waals surface area contributed by atoms with E-state index < -0.39 is 5.97 Å². The Hall–Kier alpha value is -2.48. The summed E-state index contributed by atoms with van der Waals surface area (Å²) in [6.07, 6.45) is 6.97. The summed E-state index contributed by atoms with van der Waals surface area (Å²) in [6, 6.07) is 5.44. The number of nitrogens with one attached hydrogen (secondary N) is 1. The molecule has 1 aromatic rings. The second-order valence-corrected chi connectivity index (χ2v) is 4.62. The summed E-state index contributed by atoms with van der Waals surface area (Å²) in [5.74, 6) is 0.929. The van der Waals surface area contributed by atoms with Crippen LogP contribution >= 0.6 is 0 Å². The summed E-state index contributed by atoms with van der Waals surface area (Å²) in [5.41, 5.74) is 2.42. The summed E-state index contributed by atoms with van der Waals surface area (Å²) in [7, 11) is 0. The Bertz CT molecular complexity index is 575. The molecule has 1 aromatic carbocycles. The molecule has 0 spiro atoms. The number of hydrogen-bond donors (Lipinski definition) is 2. The van der Waals surface area contributed by atoms with Crippen LogP contribution in [0.4, 0.5) is 5.69 Å². The standard InChI is InChI=1S/C15H16N2O3/c1-2-9-17(10-14(18)19)15(20)12-5-3-7-13-11(12)6-4-8-16-13/h1,3,5,7,16H,4,6,8-10H2,(H,18,19). The van der Waals surface area contributed by atoms with Gasteiger partial charge in [0, 0.05) is 17.8 Å². The lowest BCUT2D eigenvalue weighted by atomic mass is 9.97. The number of amides is 1. The van der Waals surface area contributed by atoms with Crippen molar-refractivity contribution in [3.8, 4) is 12.3 Å².